The first-order valence-corrected chi connectivity index (χ1v) is 8.01. The Balaban J connectivity index is 2.18. The van der Waals surface area contributed by atoms with Crippen LogP contribution in [0.1, 0.15) is 23.6 Å². The van der Waals surface area contributed by atoms with Gasteiger partial charge in [0, 0.05) is 18.6 Å². The van der Waals surface area contributed by atoms with E-state index < -0.39 is 5.54 Å². The maximum atomic E-state index is 7.79. The molecule has 3 rings (SSSR count). The fraction of sp³-hybridized carbons (Fsp3) is 0.0870. The van der Waals surface area contributed by atoms with Crippen LogP contribution in [0.25, 0.3) is 10.4 Å². The third kappa shape index (κ3) is 3.29. The summed E-state index contributed by atoms with van der Waals surface area (Å²) in [4.78, 5) is 3.95. The highest BCUT2D eigenvalue weighted by Crippen LogP contribution is 2.33. The molecule has 0 bridgehead atoms. The van der Waals surface area contributed by atoms with E-state index in [1.165, 1.54) is 0 Å². The van der Waals surface area contributed by atoms with Gasteiger partial charge in [-0.25, -0.2) is 6.57 Å². The third-order valence-corrected chi connectivity index (χ3v) is 4.19. The van der Waals surface area contributed by atoms with Gasteiger partial charge in [0.15, 0.2) is 0 Å². The summed E-state index contributed by atoms with van der Waals surface area (Å²) >= 11 is 0. The molecule has 116 valence electrons. The Hall–Kier alpha value is -3.11. The maximum Gasteiger partial charge on any atom is 0.273 e. The summed E-state index contributed by atoms with van der Waals surface area (Å²) in [7, 11) is 0. The molecule has 0 spiro atoms. The summed E-state index contributed by atoms with van der Waals surface area (Å²) in [6.45, 7) is 9.77. The van der Waals surface area contributed by atoms with Crippen LogP contribution in [-0.4, -0.2) is 0 Å². The van der Waals surface area contributed by atoms with E-state index in [1.54, 1.807) is 0 Å². The van der Waals surface area contributed by atoms with Gasteiger partial charge in [-0.15, -0.1) is 0 Å². The lowest BCUT2D eigenvalue weighted by molar-refractivity contribution is 0.753. The Bertz CT molecular complexity index is 817. The zero-order valence-electron chi connectivity index (χ0n) is 13.7. The van der Waals surface area contributed by atoms with Gasteiger partial charge in [0.2, 0.25) is 0 Å². The fourth-order valence-corrected chi connectivity index (χ4v) is 2.81. The summed E-state index contributed by atoms with van der Waals surface area (Å²) in [6.07, 6.45) is 2.08. The predicted octanol–water partition coefficient (Wildman–Crippen LogP) is 5.95. The van der Waals surface area contributed by atoms with Crippen molar-refractivity contribution < 1.29 is 0 Å². The molecular weight excluding hydrogens is 290 g/mol. The van der Waals surface area contributed by atoms with E-state index in [-0.39, 0.29) is 0 Å². The van der Waals surface area contributed by atoms with Crippen molar-refractivity contribution in [2.45, 2.75) is 12.5 Å². The number of benzene rings is 3. The molecule has 0 heterocycles. The molecule has 0 saturated carbocycles. The Morgan fingerprint density at radius 3 is 1.58 bits per heavy atom. The van der Waals surface area contributed by atoms with Crippen LogP contribution in [0.5, 0.6) is 0 Å². The molecule has 0 N–H and O–H groups in total. The molecule has 0 radical (unpaired) electrons. The third-order valence-electron chi connectivity index (χ3n) is 4.19. The van der Waals surface area contributed by atoms with Crippen molar-refractivity contribution in [2.75, 3.05) is 0 Å². The molecule has 1 nitrogen and oxygen atoms in total. The van der Waals surface area contributed by atoms with Gasteiger partial charge in [-0.1, -0.05) is 91.0 Å². The summed E-state index contributed by atoms with van der Waals surface area (Å²) in [6, 6.07) is 30.5. The van der Waals surface area contributed by atoms with Gasteiger partial charge in [0.1, 0.15) is 0 Å². The van der Waals surface area contributed by atoms with Crippen LogP contribution in [0.3, 0.4) is 0 Å². The Labute approximate surface area is 143 Å². The second-order valence-corrected chi connectivity index (χ2v) is 5.92. The van der Waals surface area contributed by atoms with E-state index in [1.807, 2.05) is 73.7 Å². The van der Waals surface area contributed by atoms with Crippen molar-refractivity contribution in [3.8, 4) is 0 Å². The summed E-state index contributed by atoms with van der Waals surface area (Å²) in [5.74, 6) is 0. The smallest absolute Gasteiger partial charge is 0.273 e. The molecule has 0 saturated heterocycles. The number of hydrogen-bond acceptors (Lipinski definition) is 0. The molecule has 0 aromatic heterocycles. The Morgan fingerprint density at radius 1 is 0.750 bits per heavy atom. The molecule has 1 unspecified atom stereocenters. The minimum atomic E-state index is -0.706. The van der Waals surface area contributed by atoms with Crippen molar-refractivity contribution in [1.82, 2.24) is 0 Å². The monoisotopic (exact) mass is 309 g/mol. The molecule has 24 heavy (non-hydrogen) atoms. The van der Waals surface area contributed by atoms with Crippen LogP contribution in [0.2, 0.25) is 0 Å². The van der Waals surface area contributed by atoms with Crippen LogP contribution in [-0.2, 0) is 5.54 Å². The predicted molar refractivity (Wildman–Crippen MR) is 100 cm³/mol. The quantitative estimate of drug-likeness (QED) is 0.524. The second kappa shape index (κ2) is 6.98. The van der Waals surface area contributed by atoms with E-state index in [0.29, 0.717) is 0 Å². The zero-order valence-corrected chi connectivity index (χ0v) is 13.7. The molecule has 0 aliphatic heterocycles. The van der Waals surface area contributed by atoms with Crippen LogP contribution in [0.4, 0.5) is 0 Å². The lowest BCUT2D eigenvalue weighted by atomic mass is 9.86. The van der Waals surface area contributed by atoms with E-state index in [0.717, 1.165) is 22.3 Å². The maximum absolute atomic E-state index is 7.79. The van der Waals surface area contributed by atoms with Gasteiger partial charge >= 0.3 is 0 Å². The molecular formula is C23H19N. The van der Waals surface area contributed by atoms with Gasteiger partial charge in [-0.2, -0.15) is 0 Å². The first-order chi connectivity index (χ1) is 11.7. The van der Waals surface area contributed by atoms with Gasteiger partial charge in [-0.05, 0) is 16.7 Å². The van der Waals surface area contributed by atoms with E-state index in [9.17, 15) is 0 Å². The van der Waals surface area contributed by atoms with Gasteiger partial charge < -0.3 is 4.85 Å². The zero-order chi connectivity index (χ0) is 16.8. The van der Waals surface area contributed by atoms with Crippen molar-refractivity contribution in [2.24, 2.45) is 0 Å². The standard InChI is InChI=1S/C23H19N/c1-23(24-2,21-16-10-5-11-17-21)18-22(19-12-6-3-7-13-19)20-14-8-4-9-15-20/h3-18H,1H3. The molecule has 0 aliphatic carbocycles. The van der Waals surface area contributed by atoms with E-state index >= 15 is 0 Å². The lowest BCUT2D eigenvalue weighted by Crippen LogP contribution is -2.14. The van der Waals surface area contributed by atoms with Crippen LogP contribution < -0.4 is 0 Å². The van der Waals surface area contributed by atoms with Gasteiger partial charge in [-0.3, -0.25) is 0 Å². The topological polar surface area (TPSA) is 4.36 Å². The lowest BCUT2D eigenvalue weighted by Gasteiger charge is -2.17. The SMILES string of the molecule is [C-]#[N+]C(C)(C=C(c1ccccc1)c1ccccc1)c1ccccc1. The first-order valence-electron chi connectivity index (χ1n) is 8.01. The molecule has 0 aliphatic rings. The minimum absolute atomic E-state index is 0.706. The highest BCUT2D eigenvalue weighted by atomic mass is 14.8. The van der Waals surface area contributed by atoms with Crippen LogP contribution in [0.15, 0.2) is 97.1 Å². The average Bonchev–Trinajstić information content (AvgIpc) is 2.68. The Morgan fingerprint density at radius 2 is 1.17 bits per heavy atom. The number of hydrogen-bond donors (Lipinski definition) is 0. The summed E-state index contributed by atoms with van der Waals surface area (Å²) < 4.78 is 0. The summed E-state index contributed by atoms with van der Waals surface area (Å²) in [5.41, 5.74) is 3.62. The first kappa shape index (κ1) is 15.8. The summed E-state index contributed by atoms with van der Waals surface area (Å²) in [5, 5.41) is 0. The molecule has 0 amide bonds. The molecule has 3 aromatic carbocycles. The highest BCUT2D eigenvalue weighted by Gasteiger charge is 2.31. The van der Waals surface area contributed by atoms with Gasteiger partial charge in [0.25, 0.3) is 5.54 Å². The van der Waals surface area contributed by atoms with Crippen molar-refractivity contribution >= 4 is 5.57 Å². The number of rotatable bonds is 4. The largest absolute Gasteiger partial charge is 0.301 e. The van der Waals surface area contributed by atoms with Gasteiger partial charge in [0.05, 0.1) is 0 Å². The highest BCUT2D eigenvalue weighted by molar-refractivity contribution is 5.81. The number of nitrogens with zero attached hydrogens (tertiary/aromatic N) is 1. The minimum Gasteiger partial charge on any atom is -0.301 e. The van der Waals surface area contributed by atoms with Crippen molar-refractivity contribution in [1.29, 1.82) is 0 Å². The second-order valence-electron chi connectivity index (χ2n) is 5.92. The molecule has 3 aromatic rings. The van der Waals surface area contributed by atoms with E-state index in [2.05, 4.69) is 35.2 Å². The Kier molecular flexibility index (Phi) is 4.59. The fourth-order valence-electron chi connectivity index (χ4n) is 2.81. The van der Waals surface area contributed by atoms with Crippen molar-refractivity contribution in [3.05, 3.63) is 125 Å². The van der Waals surface area contributed by atoms with Crippen molar-refractivity contribution in [3.63, 3.8) is 0 Å². The molecule has 1 heteroatoms. The van der Waals surface area contributed by atoms with Crippen LogP contribution >= 0.6 is 0 Å². The normalized spacial score (nSPS) is 12.7. The molecule has 1 atom stereocenters. The molecule has 0 fully saturated rings. The average molecular weight is 309 g/mol. The van der Waals surface area contributed by atoms with Crippen LogP contribution in [0, 0.1) is 6.57 Å². The van der Waals surface area contributed by atoms with E-state index in [4.69, 9.17) is 6.57 Å².